The Morgan fingerprint density at radius 1 is 1.35 bits per heavy atom. The molecule has 0 amide bonds. The summed E-state index contributed by atoms with van der Waals surface area (Å²) in [6.45, 7) is 1.65. The van der Waals surface area contributed by atoms with E-state index >= 15 is 0 Å². The largest absolute Gasteiger partial charge is 0.497 e. The minimum absolute atomic E-state index is 0. The number of nitrogens with zero attached hydrogens (tertiary/aromatic N) is 2. The van der Waals surface area contributed by atoms with Crippen LogP contribution in [0.15, 0.2) is 29.3 Å². The minimum Gasteiger partial charge on any atom is -0.497 e. The van der Waals surface area contributed by atoms with Crippen LogP contribution in [0.5, 0.6) is 5.75 Å². The van der Waals surface area contributed by atoms with E-state index in [2.05, 4.69) is 21.7 Å². The summed E-state index contributed by atoms with van der Waals surface area (Å²) in [5, 5.41) is 1.15. The molecule has 1 aromatic carbocycles. The van der Waals surface area contributed by atoms with Gasteiger partial charge in [0.1, 0.15) is 11.6 Å². The predicted molar refractivity (Wildman–Crippen MR) is 71.3 cm³/mol. The summed E-state index contributed by atoms with van der Waals surface area (Å²) in [6.07, 6.45) is 0. The first kappa shape index (κ1) is 11.8. The molecule has 0 aliphatic carbocycles. The Kier molecular flexibility index (Phi) is 2.98. The lowest BCUT2D eigenvalue weighted by molar-refractivity contribution is 0.415. The molecule has 0 atom stereocenters. The van der Waals surface area contributed by atoms with Crippen molar-refractivity contribution in [2.75, 3.05) is 13.7 Å². The zero-order chi connectivity index (χ0) is 11.1. The summed E-state index contributed by atoms with van der Waals surface area (Å²) in [5.74, 6) is 1.49. The van der Waals surface area contributed by atoms with Crippen LogP contribution < -0.4 is 10.5 Å². The van der Waals surface area contributed by atoms with Crippen molar-refractivity contribution in [2.45, 2.75) is 6.54 Å². The van der Waals surface area contributed by atoms with Gasteiger partial charge in [-0.2, -0.15) is 0 Å². The van der Waals surface area contributed by atoms with Crippen molar-refractivity contribution in [3.63, 3.8) is 0 Å². The van der Waals surface area contributed by atoms with E-state index in [-0.39, 0.29) is 12.4 Å². The highest BCUT2D eigenvalue weighted by atomic mass is 35.5. The topological polar surface area (TPSA) is 52.5 Å². The van der Waals surface area contributed by atoms with Crippen LogP contribution in [-0.4, -0.2) is 24.1 Å². The molecule has 1 aliphatic heterocycles. The minimum atomic E-state index is 0. The number of nitrogens with two attached hydrogens (primary N) is 1. The Bertz CT molecular complexity index is 589. The van der Waals surface area contributed by atoms with Crippen molar-refractivity contribution in [3.05, 3.63) is 30.0 Å². The first-order chi connectivity index (χ1) is 7.79. The van der Waals surface area contributed by atoms with Gasteiger partial charge in [0, 0.05) is 17.4 Å². The van der Waals surface area contributed by atoms with Crippen LogP contribution >= 0.6 is 12.4 Å². The third kappa shape index (κ3) is 1.74. The molecule has 2 aromatic rings. The fraction of sp³-hybridized carbons (Fsp3) is 0.250. The Hall–Kier alpha value is -1.68. The number of hydrogen-bond acceptors (Lipinski definition) is 3. The van der Waals surface area contributed by atoms with Crippen LogP contribution in [0.2, 0.25) is 0 Å². The number of ether oxygens (including phenoxy) is 1. The fourth-order valence-corrected chi connectivity index (χ4v) is 2.18. The Morgan fingerprint density at radius 3 is 2.94 bits per heavy atom. The molecule has 2 heterocycles. The normalized spacial score (nSPS) is 13.8. The highest BCUT2D eigenvalue weighted by Gasteiger charge is 2.15. The van der Waals surface area contributed by atoms with E-state index in [0.29, 0.717) is 5.84 Å². The maximum Gasteiger partial charge on any atom is 0.142 e. The molecule has 4 nitrogen and oxygen atoms in total. The van der Waals surface area contributed by atoms with E-state index < -0.39 is 0 Å². The first-order valence-corrected chi connectivity index (χ1v) is 5.27. The average Bonchev–Trinajstić information content (AvgIpc) is 2.68. The second-order valence-corrected chi connectivity index (χ2v) is 3.87. The van der Waals surface area contributed by atoms with Gasteiger partial charge in [-0.15, -0.1) is 12.4 Å². The van der Waals surface area contributed by atoms with Crippen LogP contribution in [0, 0.1) is 0 Å². The van der Waals surface area contributed by atoms with Gasteiger partial charge in [0.15, 0.2) is 0 Å². The lowest BCUT2D eigenvalue weighted by Crippen LogP contribution is -2.24. The van der Waals surface area contributed by atoms with E-state index in [4.69, 9.17) is 10.5 Å². The number of benzene rings is 1. The summed E-state index contributed by atoms with van der Waals surface area (Å²) < 4.78 is 7.42. The van der Waals surface area contributed by atoms with Crippen molar-refractivity contribution in [1.82, 2.24) is 4.57 Å². The number of hydrogen-bond donors (Lipinski definition) is 1. The maximum absolute atomic E-state index is 5.88. The lowest BCUT2D eigenvalue weighted by atomic mass is 10.2. The van der Waals surface area contributed by atoms with Gasteiger partial charge in [0.05, 0.1) is 19.3 Å². The number of methoxy groups -OCH3 is 1. The molecule has 0 radical (unpaired) electrons. The molecule has 2 N–H and O–H groups in total. The molecule has 0 saturated carbocycles. The first-order valence-electron chi connectivity index (χ1n) is 5.27. The zero-order valence-corrected chi connectivity index (χ0v) is 10.3. The van der Waals surface area contributed by atoms with E-state index in [1.165, 1.54) is 5.52 Å². The third-order valence-electron chi connectivity index (χ3n) is 2.98. The zero-order valence-electron chi connectivity index (χ0n) is 9.51. The van der Waals surface area contributed by atoms with E-state index in [0.717, 1.165) is 29.9 Å². The standard InChI is InChI=1S/C12H13N3O.ClH/c1-16-9-2-3-10-8(6-9)7-11-12(13)14-4-5-15(10)11;/h2-3,6-7H,4-5H2,1H3,(H2,13,14);1H. The van der Waals surface area contributed by atoms with Crippen molar-refractivity contribution in [1.29, 1.82) is 0 Å². The van der Waals surface area contributed by atoms with Gasteiger partial charge in [-0.3, -0.25) is 4.99 Å². The number of aliphatic imine (C=N–C) groups is 1. The monoisotopic (exact) mass is 251 g/mol. The van der Waals surface area contributed by atoms with Crippen LogP contribution in [0.1, 0.15) is 5.69 Å². The molecule has 1 aliphatic rings. The molecule has 90 valence electrons. The number of aromatic nitrogens is 1. The van der Waals surface area contributed by atoms with Gasteiger partial charge >= 0.3 is 0 Å². The summed E-state index contributed by atoms with van der Waals surface area (Å²) in [7, 11) is 1.67. The average molecular weight is 252 g/mol. The molecule has 0 spiro atoms. The summed E-state index contributed by atoms with van der Waals surface area (Å²) in [6, 6.07) is 8.12. The van der Waals surface area contributed by atoms with Gasteiger partial charge in [0.2, 0.25) is 0 Å². The van der Waals surface area contributed by atoms with Crippen LogP contribution in [0.25, 0.3) is 10.9 Å². The Balaban J connectivity index is 0.00000108. The summed E-state index contributed by atoms with van der Waals surface area (Å²) >= 11 is 0. The van der Waals surface area contributed by atoms with Crippen LogP contribution in [0.3, 0.4) is 0 Å². The quantitative estimate of drug-likeness (QED) is 0.840. The number of halogens is 1. The third-order valence-corrected chi connectivity index (χ3v) is 2.98. The summed E-state index contributed by atoms with van der Waals surface area (Å²) in [5.41, 5.74) is 8.08. The fourth-order valence-electron chi connectivity index (χ4n) is 2.18. The van der Waals surface area contributed by atoms with Crippen molar-refractivity contribution < 1.29 is 4.74 Å². The highest BCUT2D eigenvalue weighted by Crippen LogP contribution is 2.25. The molecular weight excluding hydrogens is 238 g/mol. The molecule has 0 unspecified atom stereocenters. The van der Waals surface area contributed by atoms with Crippen LogP contribution in [0.4, 0.5) is 0 Å². The van der Waals surface area contributed by atoms with Gasteiger partial charge in [0.25, 0.3) is 0 Å². The predicted octanol–water partition coefficient (Wildman–Crippen LogP) is 1.79. The van der Waals surface area contributed by atoms with Crippen LogP contribution in [-0.2, 0) is 6.54 Å². The second kappa shape index (κ2) is 4.30. The second-order valence-electron chi connectivity index (χ2n) is 3.87. The van der Waals surface area contributed by atoms with Gasteiger partial charge < -0.3 is 15.0 Å². The molecular formula is C12H14ClN3O. The number of rotatable bonds is 1. The molecule has 0 saturated heterocycles. The van der Waals surface area contributed by atoms with Crippen molar-refractivity contribution in [2.24, 2.45) is 10.7 Å². The molecule has 1 aromatic heterocycles. The number of amidine groups is 1. The molecule has 0 bridgehead atoms. The molecule has 3 rings (SSSR count). The smallest absolute Gasteiger partial charge is 0.142 e. The Labute approximate surface area is 105 Å². The highest BCUT2D eigenvalue weighted by molar-refractivity contribution is 6.01. The van der Waals surface area contributed by atoms with Gasteiger partial charge in [-0.25, -0.2) is 0 Å². The SMILES string of the molecule is COc1ccc2c(c1)cc1n2CCN=C1N.Cl. The van der Waals surface area contributed by atoms with E-state index in [1.54, 1.807) is 7.11 Å². The van der Waals surface area contributed by atoms with Crippen molar-refractivity contribution in [3.8, 4) is 5.75 Å². The summed E-state index contributed by atoms with van der Waals surface area (Å²) in [4.78, 5) is 4.25. The maximum atomic E-state index is 5.88. The van der Waals surface area contributed by atoms with E-state index in [9.17, 15) is 0 Å². The lowest BCUT2D eigenvalue weighted by Gasteiger charge is -2.13. The van der Waals surface area contributed by atoms with Crippen molar-refractivity contribution >= 4 is 29.1 Å². The van der Waals surface area contributed by atoms with E-state index in [1.807, 2.05) is 12.1 Å². The Morgan fingerprint density at radius 2 is 2.18 bits per heavy atom. The molecule has 5 heteroatoms. The molecule has 0 fully saturated rings. The van der Waals surface area contributed by atoms with Gasteiger partial charge in [-0.1, -0.05) is 0 Å². The number of fused-ring (bicyclic) bond motifs is 3. The van der Waals surface area contributed by atoms with Gasteiger partial charge in [-0.05, 0) is 24.3 Å². The molecule has 17 heavy (non-hydrogen) atoms.